The second-order valence-corrected chi connectivity index (χ2v) is 16.3. The number of hydrogen-bond donors (Lipinski definition) is 1. The molecule has 12 nitrogen and oxygen atoms in total. The number of ether oxygens (including phenoxy) is 3. The van der Waals surface area contributed by atoms with E-state index in [0.29, 0.717) is 18.1 Å². The van der Waals surface area contributed by atoms with Gasteiger partial charge in [-0.3, -0.25) is 0 Å². The number of esters is 1. The number of rotatable bonds is 15. The van der Waals surface area contributed by atoms with Crippen molar-refractivity contribution in [2.45, 2.75) is 64.4 Å². The van der Waals surface area contributed by atoms with Gasteiger partial charge in [0.05, 0.1) is 19.1 Å². The summed E-state index contributed by atoms with van der Waals surface area (Å²) in [5.74, 6) is 0.186. The lowest BCUT2D eigenvalue weighted by atomic mass is 9.77. The van der Waals surface area contributed by atoms with Crippen LogP contribution >= 0.6 is 27.5 Å². The lowest BCUT2D eigenvalue weighted by Gasteiger charge is -2.34. The standard InChI is InChI=1S/C48H44BrClN6O6/c1-6-39-51-43(50)42(45(57)61-30(2)62-46(58)47(3,4)59-5)55(39)28-37-34-26-27-60-29-38(34)41(49)40(37)35-24-16-17-25-36(35)44-52-54-56(53-44)48(31-18-10-7-11-19-31,32-20-12-8-13-21-32)33-22-14-9-15-23-33/h7-27,29-30,46,58H,6,28H2,1-5H3. The van der Waals surface area contributed by atoms with Gasteiger partial charge in [0.15, 0.2) is 22.7 Å². The Labute approximate surface area is 372 Å². The summed E-state index contributed by atoms with van der Waals surface area (Å²) in [5.41, 5.74) is 5.75. The highest BCUT2D eigenvalue weighted by molar-refractivity contribution is 9.10. The minimum atomic E-state index is -1.38. The lowest BCUT2D eigenvalue weighted by Crippen LogP contribution is -2.42. The third-order valence-corrected chi connectivity index (χ3v) is 12.2. The van der Waals surface area contributed by atoms with Gasteiger partial charge in [-0.25, -0.2) is 9.78 Å². The van der Waals surface area contributed by atoms with Crippen LogP contribution in [-0.2, 0) is 32.7 Å². The number of imidazole rings is 1. The molecular weight excluding hydrogens is 872 g/mol. The van der Waals surface area contributed by atoms with E-state index >= 15 is 0 Å². The van der Waals surface area contributed by atoms with E-state index in [1.54, 1.807) is 35.7 Å². The first-order valence-corrected chi connectivity index (χ1v) is 21.2. The molecule has 1 N–H and O–H groups in total. The molecule has 3 heterocycles. The van der Waals surface area contributed by atoms with Gasteiger partial charge in [-0.15, -0.1) is 15.0 Å². The van der Waals surface area contributed by atoms with Crippen molar-refractivity contribution in [2.24, 2.45) is 0 Å². The summed E-state index contributed by atoms with van der Waals surface area (Å²) in [5, 5.41) is 25.4. The molecule has 4 aromatic carbocycles. The Morgan fingerprint density at radius 2 is 1.44 bits per heavy atom. The molecule has 62 heavy (non-hydrogen) atoms. The molecule has 0 fully saturated rings. The highest BCUT2D eigenvalue weighted by Crippen LogP contribution is 2.49. The topological polar surface area (TPSA) is 140 Å². The third-order valence-electron chi connectivity index (χ3n) is 11.1. The van der Waals surface area contributed by atoms with Crippen LogP contribution in [0.5, 0.6) is 0 Å². The number of aliphatic hydroxyl groups excluding tert-OH is 1. The smallest absolute Gasteiger partial charge is 0.360 e. The van der Waals surface area contributed by atoms with E-state index in [-0.39, 0.29) is 17.4 Å². The summed E-state index contributed by atoms with van der Waals surface area (Å²) in [4.78, 5) is 20.2. The predicted molar refractivity (Wildman–Crippen MR) is 239 cm³/mol. The first-order chi connectivity index (χ1) is 30.0. The molecule has 1 aliphatic heterocycles. The van der Waals surface area contributed by atoms with Crippen LogP contribution in [-0.4, -0.2) is 66.1 Å². The van der Waals surface area contributed by atoms with E-state index in [0.717, 1.165) is 54.5 Å². The number of carbonyl (C=O) groups is 1. The highest BCUT2D eigenvalue weighted by atomic mass is 79.9. The van der Waals surface area contributed by atoms with Crippen molar-refractivity contribution in [2.75, 3.05) is 7.11 Å². The Balaban J connectivity index is 1.25. The van der Waals surface area contributed by atoms with Gasteiger partial charge in [-0.05, 0) is 81.4 Å². The quantitative estimate of drug-likeness (QED) is 0.0601. The van der Waals surface area contributed by atoms with Gasteiger partial charge in [0.1, 0.15) is 11.4 Å². The molecule has 0 spiro atoms. The van der Waals surface area contributed by atoms with Crippen molar-refractivity contribution >= 4 is 33.5 Å². The minimum absolute atomic E-state index is 0.0248. The maximum Gasteiger partial charge on any atom is 0.360 e. The maximum atomic E-state index is 14.0. The zero-order valence-electron chi connectivity index (χ0n) is 34.7. The number of fused-ring (bicyclic) bond motifs is 1. The molecule has 2 unspecified atom stereocenters. The van der Waals surface area contributed by atoms with Crippen molar-refractivity contribution < 1.29 is 28.5 Å². The van der Waals surface area contributed by atoms with E-state index in [4.69, 9.17) is 45.6 Å². The molecule has 8 rings (SSSR count). The second-order valence-electron chi connectivity index (χ2n) is 15.2. The van der Waals surface area contributed by atoms with Crippen molar-refractivity contribution in [3.8, 4) is 33.6 Å². The second kappa shape index (κ2) is 17.8. The number of nitrogens with zero attached hydrogens (tertiary/aromatic N) is 6. The fraction of sp³-hybridized carbons (Fsp3) is 0.229. The number of benzene rings is 4. The van der Waals surface area contributed by atoms with E-state index in [1.807, 2.05) is 91.9 Å². The van der Waals surface area contributed by atoms with Crippen LogP contribution in [0.15, 0.2) is 143 Å². The molecule has 1 aliphatic carbocycles. The molecule has 0 saturated carbocycles. The molecule has 2 aliphatic rings. The molecule has 0 bridgehead atoms. The molecule has 14 heteroatoms. The number of methoxy groups -OCH3 is 1. The molecule has 316 valence electrons. The summed E-state index contributed by atoms with van der Waals surface area (Å²) in [7, 11) is 1.45. The summed E-state index contributed by atoms with van der Waals surface area (Å²) >= 11 is 10.7. The number of aliphatic hydroxyl groups is 1. The van der Waals surface area contributed by atoms with Crippen molar-refractivity contribution in [3.05, 3.63) is 177 Å². The van der Waals surface area contributed by atoms with Crippen LogP contribution in [0.2, 0.25) is 5.15 Å². The fourth-order valence-electron chi connectivity index (χ4n) is 7.83. The normalized spacial score (nSPS) is 13.0. The average Bonchev–Trinajstić information content (AvgIpc) is 3.99. The summed E-state index contributed by atoms with van der Waals surface area (Å²) in [6.45, 7) is 6.92. The Hall–Kier alpha value is -5.96. The van der Waals surface area contributed by atoms with Gasteiger partial charge in [-0.1, -0.05) is 134 Å². The van der Waals surface area contributed by atoms with Crippen LogP contribution in [0.4, 0.5) is 0 Å². The van der Waals surface area contributed by atoms with Crippen LogP contribution in [0.1, 0.15) is 66.3 Å². The minimum Gasteiger partial charge on any atom is -0.472 e. The van der Waals surface area contributed by atoms with Gasteiger partial charge >= 0.3 is 5.97 Å². The lowest BCUT2D eigenvalue weighted by molar-refractivity contribution is -0.263. The molecule has 0 radical (unpaired) electrons. The predicted octanol–water partition coefficient (Wildman–Crippen LogP) is 10.0. The SMILES string of the molecule is CCc1nc(Cl)c(C(=O)OC(C)OC(O)C(C)(C)OC)n1Cc1c2ccocc-2c(Br)c1-c1ccccc1-c1nnn(C(c2ccccc2)(c2ccccc2)c2ccccc2)n1. The summed E-state index contributed by atoms with van der Waals surface area (Å²) in [6.07, 6.45) is 1.21. The van der Waals surface area contributed by atoms with Crippen molar-refractivity contribution in [3.63, 3.8) is 0 Å². The Bertz CT molecular complexity index is 2680. The number of tetrazole rings is 1. The van der Waals surface area contributed by atoms with E-state index in [1.165, 1.54) is 14.0 Å². The van der Waals surface area contributed by atoms with E-state index < -0.39 is 29.7 Å². The largest absolute Gasteiger partial charge is 0.472 e. The molecule has 0 saturated heterocycles. The number of aromatic nitrogens is 6. The molecule has 2 aromatic heterocycles. The molecule has 6 aromatic rings. The number of carbonyl (C=O) groups excluding carboxylic acids is 1. The summed E-state index contributed by atoms with van der Waals surface area (Å²) in [6, 6.07) is 40.3. The highest BCUT2D eigenvalue weighted by Gasteiger charge is 2.41. The van der Waals surface area contributed by atoms with E-state index in [2.05, 4.69) is 57.3 Å². The molecular formula is C48H44BrClN6O6. The van der Waals surface area contributed by atoms with Crippen molar-refractivity contribution in [1.29, 1.82) is 0 Å². The van der Waals surface area contributed by atoms with Crippen LogP contribution < -0.4 is 0 Å². The van der Waals surface area contributed by atoms with Gasteiger partial charge in [0, 0.05) is 34.7 Å². The first kappa shape index (κ1) is 42.7. The number of halogens is 2. The van der Waals surface area contributed by atoms with Gasteiger partial charge < -0.3 is 28.3 Å². The number of hydrogen-bond acceptors (Lipinski definition) is 10. The number of aryl methyl sites for hydroxylation is 1. The maximum absolute atomic E-state index is 14.0. The Morgan fingerprint density at radius 1 is 0.855 bits per heavy atom. The Kier molecular flexibility index (Phi) is 12.3. The van der Waals surface area contributed by atoms with Crippen molar-refractivity contribution in [1.82, 2.24) is 29.8 Å². The monoisotopic (exact) mass is 914 g/mol. The Morgan fingerprint density at radius 3 is 2.02 bits per heavy atom. The van der Waals surface area contributed by atoms with Crippen LogP contribution in [0.25, 0.3) is 33.6 Å². The van der Waals surface area contributed by atoms with Crippen LogP contribution in [0.3, 0.4) is 0 Å². The summed E-state index contributed by atoms with van der Waals surface area (Å²) < 4.78 is 24.9. The van der Waals surface area contributed by atoms with Crippen LogP contribution in [0, 0.1) is 0 Å². The zero-order chi connectivity index (χ0) is 43.6. The van der Waals surface area contributed by atoms with Gasteiger partial charge in [0.2, 0.25) is 12.1 Å². The average molecular weight is 916 g/mol. The third kappa shape index (κ3) is 7.75. The first-order valence-electron chi connectivity index (χ1n) is 20.1. The van der Waals surface area contributed by atoms with Gasteiger partial charge in [-0.2, -0.15) is 0 Å². The zero-order valence-corrected chi connectivity index (χ0v) is 37.0. The van der Waals surface area contributed by atoms with E-state index in [9.17, 15) is 9.90 Å². The fourth-order valence-corrected chi connectivity index (χ4v) is 8.87. The molecule has 0 amide bonds. The molecule has 2 atom stereocenters. The van der Waals surface area contributed by atoms with Gasteiger partial charge in [0.25, 0.3) is 0 Å².